The van der Waals surface area contributed by atoms with Crippen LogP contribution in [0.3, 0.4) is 0 Å². The molecule has 1 heterocycles. The molecule has 2 aromatic rings. The molecule has 1 aromatic carbocycles. The third-order valence-electron chi connectivity index (χ3n) is 3.49. The van der Waals surface area contributed by atoms with Crippen molar-refractivity contribution in [3.8, 4) is 0 Å². The second-order valence-corrected chi connectivity index (χ2v) is 5.11. The topological polar surface area (TPSA) is 65.1 Å². The number of ether oxygens (including phenoxy) is 1. The van der Waals surface area contributed by atoms with E-state index >= 15 is 0 Å². The number of aromatic nitrogens is 2. The summed E-state index contributed by atoms with van der Waals surface area (Å²) in [5, 5.41) is 7.91. The fourth-order valence-electron chi connectivity index (χ4n) is 2.37. The first kappa shape index (κ1) is 15.4. The lowest BCUT2D eigenvalue weighted by atomic mass is 10.1. The van der Waals surface area contributed by atoms with Crippen molar-refractivity contribution in [3.05, 3.63) is 35.5 Å². The predicted octanol–water partition coefficient (Wildman–Crippen LogP) is 2.89. The first-order valence-electron chi connectivity index (χ1n) is 7.32. The van der Waals surface area contributed by atoms with Crippen molar-refractivity contribution in [1.29, 1.82) is 0 Å². The van der Waals surface area contributed by atoms with Gasteiger partial charge in [-0.15, -0.1) is 0 Å². The van der Waals surface area contributed by atoms with Crippen molar-refractivity contribution in [2.24, 2.45) is 7.05 Å². The fourth-order valence-corrected chi connectivity index (χ4v) is 2.37. The molecule has 0 saturated heterocycles. The lowest BCUT2D eigenvalue weighted by molar-refractivity contribution is 0.202. The maximum atomic E-state index is 6.22. The average Bonchev–Trinajstić information content (AvgIpc) is 2.74. The second-order valence-electron chi connectivity index (χ2n) is 5.11. The number of anilines is 3. The third-order valence-corrected chi connectivity index (χ3v) is 3.49. The van der Waals surface area contributed by atoms with Crippen molar-refractivity contribution in [2.45, 2.75) is 26.2 Å². The van der Waals surface area contributed by atoms with Crippen LogP contribution in [0.15, 0.2) is 24.3 Å². The van der Waals surface area contributed by atoms with Gasteiger partial charge in [-0.05, 0) is 24.5 Å². The highest BCUT2D eigenvalue weighted by Crippen LogP contribution is 2.28. The zero-order valence-electron chi connectivity index (χ0n) is 13.0. The van der Waals surface area contributed by atoms with Crippen LogP contribution in [-0.2, 0) is 24.6 Å². The Kier molecular flexibility index (Phi) is 5.22. The average molecular weight is 288 g/mol. The van der Waals surface area contributed by atoms with Gasteiger partial charge in [0.15, 0.2) is 5.82 Å². The Morgan fingerprint density at radius 1 is 1.29 bits per heavy atom. The maximum Gasteiger partial charge on any atom is 0.152 e. The molecule has 21 heavy (non-hydrogen) atoms. The summed E-state index contributed by atoms with van der Waals surface area (Å²) in [6.45, 7) is 2.82. The van der Waals surface area contributed by atoms with Gasteiger partial charge in [-0.25, -0.2) is 0 Å². The molecule has 1 aromatic heterocycles. The molecule has 0 aliphatic carbocycles. The van der Waals surface area contributed by atoms with Gasteiger partial charge in [-0.2, -0.15) is 5.10 Å². The summed E-state index contributed by atoms with van der Waals surface area (Å²) in [6, 6.07) is 8.20. The van der Waals surface area contributed by atoms with Gasteiger partial charge >= 0.3 is 0 Å². The number of benzene rings is 1. The molecule has 5 nitrogen and oxygen atoms in total. The zero-order chi connectivity index (χ0) is 15.2. The van der Waals surface area contributed by atoms with Crippen molar-refractivity contribution >= 4 is 17.2 Å². The van der Waals surface area contributed by atoms with E-state index in [1.807, 2.05) is 23.9 Å². The van der Waals surface area contributed by atoms with E-state index < -0.39 is 0 Å². The molecule has 0 spiro atoms. The number of hydrogen-bond acceptors (Lipinski definition) is 4. The third kappa shape index (κ3) is 3.55. The van der Waals surface area contributed by atoms with E-state index in [2.05, 4.69) is 29.5 Å². The number of nitrogens with zero attached hydrogens (tertiary/aromatic N) is 2. The number of para-hydroxylation sites is 1. The summed E-state index contributed by atoms with van der Waals surface area (Å²) in [5.74, 6) is 0.850. The number of nitrogen functional groups attached to an aromatic ring is 1. The highest BCUT2D eigenvalue weighted by Gasteiger charge is 2.13. The number of methoxy groups -OCH3 is 1. The van der Waals surface area contributed by atoms with Gasteiger partial charge in [0.2, 0.25) is 0 Å². The standard InChI is InChI=1S/C16H24N4O/c1-4-7-14-15(17)16(20(2)19-14)18-13-9-6-5-8-12(13)10-11-21-3/h5-6,8-9,18H,4,7,10-11,17H2,1-3H3. The number of hydrogen-bond donors (Lipinski definition) is 2. The number of nitrogens with one attached hydrogen (secondary N) is 1. The molecule has 0 aliphatic heterocycles. The van der Waals surface area contributed by atoms with Crippen LogP contribution in [0.25, 0.3) is 0 Å². The van der Waals surface area contributed by atoms with E-state index in [4.69, 9.17) is 10.5 Å². The summed E-state index contributed by atoms with van der Waals surface area (Å²) in [4.78, 5) is 0. The minimum absolute atomic E-state index is 0.695. The number of rotatable bonds is 7. The van der Waals surface area contributed by atoms with Crippen LogP contribution in [0.5, 0.6) is 0 Å². The van der Waals surface area contributed by atoms with Crippen LogP contribution < -0.4 is 11.1 Å². The first-order chi connectivity index (χ1) is 10.2. The zero-order valence-corrected chi connectivity index (χ0v) is 13.0. The number of aryl methyl sites for hydroxylation is 2. The minimum Gasteiger partial charge on any atom is -0.394 e. The Labute approximate surface area is 126 Å². The second kappa shape index (κ2) is 7.13. The van der Waals surface area contributed by atoms with Crippen molar-refractivity contribution < 1.29 is 4.74 Å². The molecule has 2 rings (SSSR count). The largest absolute Gasteiger partial charge is 0.394 e. The van der Waals surface area contributed by atoms with Crippen molar-refractivity contribution in [3.63, 3.8) is 0 Å². The molecule has 0 aliphatic rings. The monoisotopic (exact) mass is 288 g/mol. The maximum absolute atomic E-state index is 6.22. The molecule has 0 saturated carbocycles. The Morgan fingerprint density at radius 3 is 2.76 bits per heavy atom. The highest BCUT2D eigenvalue weighted by molar-refractivity contribution is 5.72. The van der Waals surface area contributed by atoms with E-state index in [0.29, 0.717) is 6.61 Å². The van der Waals surface area contributed by atoms with Crippen LogP contribution in [0.1, 0.15) is 24.6 Å². The van der Waals surface area contributed by atoms with Crippen LogP contribution >= 0.6 is 0 Å². The Hall–Kier alpha value is -2.01. The van der Waals surface area contributed by atoms with Crippen LogP contribution in [0.4, 0.5) is 17.2 Å². The normalized spacial score (nSPS) is 10.8. The van der Waals surface area contributed by atoms with E-state index in [1.54, 1.807) is 7.11 Å². The lowest BCUT2D eigenvalue weighted by Gasteiger charge is -2.12. The molecule has 0 atom stereocenters. The molecule has 0 amide bonds. The van der Waals surface area contributed by atoms with E-state index in [0.717, 1.165) is 42.1 Å². The lowest BCUT2D eigenvalue weighted by Crippen LogP contribution is -2.04. The van der Waals surface area contributed by atoms with Crippen molar-refractivity contribution in [2.75, 3.05) is 24.8 Å². The van der Waals surface area contributed by atoms with Gasteiger partial charge in [0.05, 0.1) is 18.0 Å². The smallest absolute Gasteiger partial charge is 0.152 e. The minimum atomic E-state index is 0.695. The Bertz CT molecular complexity index is 592. The first-order valence-corrected chi connectivity index (χ1v) is 7.32. The molecular formula is C16H24N4O. The molecular weight excluding hydrogens is 264 g/mol. The van der Waals surface area contributed by atoms with E-state index in [9.17, 15) is 0 Å². The quantitative estimate of drug-likeness (QED) is 0.822. The van der Waals surface area contributed by atoms with Crippen LogP contribution in [0.2, 0.25) is 0 Å². The summed E-state index contributed by atoms with van der Waals surface area (Å²) in [6.07, 6.45) is 2.79. The van der Waals surface area contributed by atoms with Crippen LogP contribution in [-0.4, -0.2) is 23.5 Å². The summed E-state index contributed by atoms with van der Waals surface area (Å²) >= 11 is 0. The molecule has 0 unspecified atom stereocenters. The molecule has 5 heteroatoms. The van der Waals surface area contributed by atoms with Gasteiger partial charge < -0.3 is 15.8 Å². The summed E-state index contributed by atoms with van der Waals surface area (Å²) < 4.78 is 6.98. The van der Waals surface area contributed by atoms with Gasteiger partial charge in [0.25, 0.3) is 0 Å². The molecule has 114 valence electrons. The fraction of sp³-hybridized carbons (Fsp3) is 0.438. The SMILES string of the molecule is CCCc1nn(C)c(Nc2ccccc2CCOC)c1N. The predicted molar refractivity (Wildman–Crippen MR) is 86.9 cm³/mol. The molecule has 0 radical (unpaired) electrons. The highest BCUT2D eigenvalue weighted by atomic mass is 16.5. The van der Waals surface area contributed by atoms with E-state index in [1.165, 1.54) is 5.56 Å². The van der Waals surface area contributed by atoms with Gasteiger partial charge in [0.1, 0.15) is 0 Å². The molecule has 0 bridgehead atoms. The molecule has 3 N–H and O–H groups in total. The number of nitrogens with two attached hydrogens (primary N) is 1. The Morgan fingerprint density at radius 2 is 2.05 bits per heavy atom. The van der Waals surface area contributed by atoms with Crippen LogP contribution in [0, 0.1) is 0 Å². The van der Waals surface area contributed by atoms with Gasteiger partial charge in [-0.1, -0.05) is 31.5 Å². The van der Waals surface area contributed by atoms with Gasteiger partial charge in [-0.3, -0.25) is 4.68 Å². The van der Waals surface area contributed by atoms with Crippen molar-refractivity contribution in [1.82, 2.24) is 9.78 Å². The van der Waals surface area contributed by atoms with Gasteiger partial charge in [0, 0.05) is 19.8 Å². The summed E-state index contributed by atoms with van der Waals surface area (Å²) in [7, 11) is 3.63. The molecule has 0 fully saturated rings. The summed E-state index contributed by atoms with van der Waals surface area (Å²) in [5.41, 5.74) is 10.2. The van der Waals surface area contributed by atoms with E-state index in [-0.39, 0.29) is 0 Å². The Balaban J connectivity index is 2.26.